The molecule has 0 fully saturated rings. The van der Waals surface area contributed by atoms with Gasteiger partial charge < -0.3 is 9.52 Å². The Kier molecular flexibility index (Phi) is 3.08. The van der Waals surface area contributed by atoms with Crippen LogP contribution < -0.4 is 5.43 Å². The van der Waals surface area contributed by atoms with Gasteiger partial charge >= 0.3 is 0 Å². The molecule has 4 nitrogen and oxygen atoms in total. The summed E-state index contributed by atoms with van der Waals surface area (Å²) in [5, 5.41) is 10.8. The second-order valence-electron chi connectivity index (χ2n) is 4.71. The van der Waals surface area contributed by atoms with Crippen LogP contribution in [-0.2, 0) is 0 Å². The first-order valence-corrected chi connectivity index (χ1v) is 6.27. The molecule has 1 unspecified atom stereocenters. The molecule has 0 aliphatic rings. The fourth-order valence-corrected chi connectivity index (χ4v) is 2.17. The maximum Gasteiger partial charge on any atom is 0.198 e. The molecule has 0 radical (unpaired) electrons. The standard InChI is InChI=1S/C16H13NO3/c1-10-4-5-14-12(7-10)16(19)13(9-20-14)15(18)11-3-2-6-17-8-11/h2-9,15,18H,1H3. The summed E-state index contributed by atoms with van der Waals surface area (Å²) in [4.78, 5) is 16.4. The Balaban J connectivity index is 2.18. The van der Waals surface area contributed by atoms with Crippen molar-refractivity contribution in [2.24, 2.45) is 0 Å². The molecule has 1 aromatic carbocycles. The fraction of sp³-hybridized carbons (Fsp3) is 0.125. The van der Waals surface area contributed by atoms with Crippen molar-refractivity contribution >= 4 is 11.0 Å². The van der Waals surface area contributed by atoms with Crippen molar-refractivity contribution in [1.29, 1.82) is 0 Å². The maximum absolute atomic E-state index is 12.5. The van der Waals surface area contributed by atoms with Crippen LogP contribution in [-0.4, -0.2) is 10.1 Å². The number of aliphatic hydroxyl groups excluding tert-OH is 1. The third-order valence-electron chi connectivity index (χ3n) is 3.25. The molecule has 0 amide bonds. The number of rotatable bonds is 2. The Labute approximate surface area is 115 Å². The Morgan fingerprint density at radius 2 is 2.15 bits per heavy atom. The molecule has 2 aromatic heterocycles. The lowest BCUT2D eigenvalue weighted by Crippen LogP contribution is -2.14. The van der Waals surface area contributed by atoms with Gasteiger partial charge in [0.05, 0.1) is 10.9 Å². The summed E-state index contributed by atoms with van der Waals surface area (Å²) in [5.74, 6) is 0. The van der Waals surface area contributed by atoms with Crippen molar-refractivity contribution in [1.82, 2.24) is 4.98 Å². The van der Waals surface area contributed by atoms with Crippen LogP contribution in [0.25, 0.3) is 11.0 Å². The highest BCUT2D eigenvalue weighted by atomic mass is 16.3. The number of fused-ring (bicyclic) bond motifs is 1. The highest BCUT2D eigenvalue weighted by molar-refractivity contribution is 5.77. The molecule has 0 aliphatic carbocycles. The third kappa shape index (κ3) is 2.10. The van der Waals surface area contributed by atoms with E-state index in [0.717, 1.165) is 5.56 Å². The van der Waals surface area contributed by atoms with Gasteiger partial charge in [-0.1, -0.05) is 17.7 Å². The van der Waals surface area contributed by atoms with Crippen molar-refractivity contribution in [3.63, 3.8) is 0 Å². The SMILES string of the molecule is Cc1ccc2occ(C(O)c3cccnc3)c(=O)c2c1. The van der Waals surface area contributed by atoms with Crippen LogP contribution in [0.3, 0.4) is 0 Å². The van der Waals surface area contributed by atoms with Crippen molar-refractivity contribution in [2.45, 2.75) is 13.0 Å². The zero-order chi connectivity index (χ0) is 14.1. The van der Waals surface area contributed by atoms with Crippen molar-refractivity contribution in [2.75, 3.05) is 0 Å². The molecule has 3 aromatic rings. The topological polar surface area (TPSA) is 63.3 Å². The first-order chi connectivity index (χ1) is 9.66. The van der Waals surface area contributed by atoms with Crippen LogP contribution in [0.4, 0.5) is 0 Å². The number of hydrogen-bond donors (Lipinski definition) is 1. The molecule has 1 N–H and O–H groups in total. The lowest BCUT2D eigenvalue weighted by atomic mass is 10.0. The maximum atomic E-state index is 12.5. The predicted octanol–water partition coefficient (Wildman–Crippen LogP) is 2.58. The van der Waals surface area contributed by atoms with E-state index in [1.54, 1.807) is 30.5 Å². The van der Waals surface area contributed by atoms with Crippen LogP contribution in [0.15, 0.2) is 58.2 Å². The zero-order valence-electron chi connectivity index (χ0n) is 10.9. The molecule has 3 rings (SSSR count). The Hall–Kier alpha value is -2.46. The van der Waals surface area contributed by atoms with Crippen LogP contribution in [0.1, 0.15) is 22.8 Å². The van der Waals surface area contributed by atoms with Crippen LogP contribution >= 0.6 is 0 Å². The summed E-state index contributed by atoms with van der Waals surface area (Å²) in [6.07, 6.45) is 3.43. The van der Waals surface area contributed by atoms with Gasteiger partial charge in [0.1, 0.15) is 18.0 Å². The van der Waals surface area contributed by atoms with E-state index in [-0.39, 0.29) is 11.0 Å². The molecular weight excluding hydrogens is 254 g/mol. The quantitative estimate of drug-likeness (QED) is 0.775. The molecule has 0 saturated carbocycles. The van der Waals surface area contributed by atoms with Gasteiger partial charge in [0.2, 0.25) is 0 Å². The molecule has 0 saturated heterocycles. The first-order valence-electron chi connectivity index (χ1n) is 6.27. The van der Waals surface area contributed by atoms with Crippen LogP contribution in [0.2, 0.25) is 0 Å². The van der Waals surface area contributed by atoms with E-state index in [1.807, 2.05) is 13.0 Å². The smallest absolute Gasteiger partial charge is 0.198 e. The fourth-order valence-electron chi connectivity index (χ4n) is 2.17. The summed E-state index contributed by atoms with van der Waals surface area (Å²) in [6, 6.07) is 8.83. The third-order valence-corrected chi connectivity index (χ3v) is 3.25. The normalized spacial score (nSPS) is 12.5. The average Bonchev–Trinajstić information content (AvgIpc) is 2.48. The van der Waals surface area contributed by atoms with Gasteiger partial charge in [-0.05, 0) is 25.1 Å². The van der Waals surface area contributed by atoms with Crippen LogP contribution in [0.5, 0.6) is 0 Å². The highest BCUT2D eigenvalue weighted by Crippen LogP contribution is 2.21. The lowest BCUT2D eigenvalue weighted by molar-refractivity contribution is 0.216. The number of aromatic nitrogens is 1. The second-order valence-corrected chi connectivity index (χ2v) is 4.71. The van der Waals surface area contributed by atoms with Gasteiger partial charge in [-0.15, -0.1) is 0 Å². The molecule has 100 valence electrons. The van der Waals surface area contributed by atoms with Crippen LogP contribution in [0, 0.1) is 6.92 Å². The van der Waals surface area contributed by atoms with E-state index < -0.39 is 6.10 Å². The van der Waals surface area contributed by atoms with E-state index in [2.05, 4.69) is 4.98 Å². The second kappa shape index (κ2) is 4.90. The molecule has 0 spiro atoms. The molecule has 20 heavy (non-hydrogen) atoms. The van der Waals surface area contributed by atoms with E-state index in [4.69, 9.17) is 4.42 Å². The van der Waals surface area contributed by atoms with Crippen molar-refractivity contribution in [3.05, 3.63) is 75.9 Å². The van der Waals surface area contributed by atoms with E-state index in [0.29, 0.717) is 16.5 Å². The summed E-state index contributed by atoms with van der Waals surface area (Å²) in [5.41, 5.74) is 2.05. The monoisotopic (exact) mass is 267 g/mol. The van der Waals surface area contributed by atoms with E-state index >= 15 is 0 Å². The Bertz CT molecular complexity index is 809. The summed E-state index contributed by atoms with van der Waals surface area (Å²) >= 11 is 0. The van der Waals surface area contributed by atoms with Gasteiger partial charge in [0.25, 0.3) is 0 Å². The minimum atomic E-state index is -1.04. The molecule has 2 heterocycles. The summed E-state index contributed by atoms with van der Waals surface area (Å²) < 4.78 is 5.44. The summed E-state index contributed by atoms with van der Waals surface area (Å²) in [6.45, 7) is 1.91. The molecular formula is C16H13NO3. The minimum Gasteiger partial charge on any atom is -0.464 e. The van der Waals surface area contributed by atoms with Crippen molar-refractivity contribution < 1.29 is 9.52 Å². The van der Waals surface area contributed by atoms with E-state index in [9.17, 15) is 9.90 Å². The first kappa shape index (κ1) is 12.6. The number of aryl methyl sites for hydroxylation is 1. The molecule has 0 bridgehead atoms. The summed E-state index contributed by atoms with van der Waals surface area (Å²) in [7, 11) is 0. The number of hydrogen-bond acceptors (Lipinski definition) is 4. The molecule has 0 aliphatic heterocycles. The van der Waals surface area contributed by atoms with E-state index in [1.165, 1.54) is 12.5 Å². The molecule has 4 heteroatoms. The largest absolute Gasteiger partial charge is 0.464 e. The predicted molar refractivity (Wildman–Crippen MR) is 75.5 cm³/mol. The average molecular weight is 267 g/mol. The zero-order valence-corrected chi connectivity index (χ0v) is 10.9. The van der Waals surface area contributed by atoms with Gasteiger partial charge in [-0.2, -0.15) is 0 Å². The number of benzene rings is 1. The Morgan fingerprint density at radius 3 is 2.90 bits per heavy atom. The minimum absolute atomic E-state index is 0.216. The lowest BCUT2D eigenvalue weighted by Gasteiger charge is -2.10. The van der Waals surface area contributed by atoms with Gasteiger partial charge in [-0.3, -0.25) is 9.78 Å². The van der Waals surface area contributed by atoms with Crippen molar-refractivity contribution in [3.8, 4) is 0 Å². The van der Waals surface area contributed by atoms with Gasteiger partial charge in [0, 0.05) is 18.0 Å². The van der Waals surface area contributed by atoms with Gasteiger partial charge in [0.15, 0.2) is 5.43 Å². The number of pyridine rings is 1. The molecule has 1 atom stereocenters. The Morgan fingerprint density at radius 1 is 1.30 bits per heavy atom. The van der Waals surface area contributed by atoms with Gasteiger partial charge in [-0.25, -0.2) is 0 Å². The highest BCUT2D eigenvalue weighted by Gasteiger charge is 2.17. The number of aliphatic hydroxyl groups is 1. The number of nitrogens with zero attached hydrogens (tertiary/aromatic N) is 1.